The zero-order valence-corrected chi connectivity index (χ0v) is 9.07. The molecule has 2 aromatic carbocycles. The fourth-order valence-corrected chi connectivity index (χ4v) is 1.35. The molecular formula is C10H12Cl2N2. The molecule has 0 spiro atoms. The van der Waals surface area contributed by atoms with Gasteiger partial charge in [0.05, 0.1) is 5.69 Å². The molecule has 0 aliphatic heterocycles. The summed E-state index contributed by atoms with van der Waals surface area (Å²) in [5, 5.41) is 2.36. The number of hydrogen-bond acceptors (Lipinski definition) is 2. The predicted molar refractivity (Wildman–Crippen MR) is 66.3 cm³/mol. The van der Waals surface area contributed by atoms with Crippen molar-refractivity contribution in [1.29, 1.82) is 0 Å². The molecule has 2 aromatic rings. The molecule has 3 N–H and O–H groups in total. The van der Waals surface area contributed by atoms with Gasteiger partial charge in [-0.2, -0.15) is 0 Å². The van der Waals surface area contributed by atoms with Crippen molar-refractivity contribution >= 4 is 41.3 Å². The van der Waals surface area contributed by atoms with Gasteiger partial charge in [0.1, 0.15) is 0 Å². The minimum atomic E-state index is 0. The van der Waals surface area contributed by atoms with Crippen LogP contribution >= 0.6 is 24.8 Å². The van der Waals surface area contributed by atoms with Gasteiger partial charge in [0.15, 0.2) is 0 Å². The first-order chi connectivity index (χ1) is 5.92. The van der Waals surface area contributed by atoms with Crippen molar-refractivity contribution in [2.75, 3.05) is 5.43 Å². The van der Waals surface area contributed by atoms with Crippen molar-refractivity contribution in [2.24, 2.45) is 5.84 Å². The minimum absolute atomic E-state index is 0. The standard InChI is InChI=1S/C10H10N2.2ClH/c11-12-10-7-3-5-8-4-1-2-6-9(8)10;;/h1-7,12H,11H2;2*1H. The van der Waals surface area contributed by atoms with Gasteiger partial charge in [-0.05, 0) is 11.5 Å². The van der Waals surface area contributed by atoms with E-state index in [1.54, 1.807) is 0 Å². The van der Waals surface area contributed by atoms with Crippen molar-refractivity contribution in [2.45, 2.75) is 0 Å². The van der Waals surface area contributed by atoms with Crippen molar-refractivity contribution in [1.82, 2.24) is 0 Å². The molecule has 0 heterocycles. The molecule has 0 aliphatic rings. The summed E-state index contributed by atoms with van der Waals surface area (Å²) in [6.45, 7) is 0. The van der Waals surface area contributed by atoms with E-state index in [0.717, 1.165) is 11.1 Å². The lowest BCUT2D eigenvalue weighted by Gasteiger charge is -2.03. The molecule has 0 bridgehead atoms. The highest BCUT2D eigenvalue weighted by Crippen LogP contribution is 2.21. The molecule has 2 rings (SSSR count). The monoisotopic (exact) mass is 230 g/mol. The second-order valence-electron chi connectivity index (χ2n) is 2.67. The van der Waals surface area contributed by atoms with Crippen LogP contribution in [0.1, 0.15) is 0 Å². The highest BCUT2D eigenvalue weighted by Gasteiger charge is 1.95. The van der Waals surface area contributed by atoms with Crippen LogP contribution in [-0.4, -0.2) is 0 Å². The molecule has 0 saturated carbocycles. The van der Waals surface area contributed by atoms with Crippen molar-refractivity contribution in [3.63, 3.8) is 0 Å². The highest BCUT2D eigenvalue weighted by atomic mass is 35.5. The van der Waals surface area contributed by atoms with E-state index in [0.29, 0.717) is 0 Å². The Balaban J connectivity index is 0.000000845. The number of nitrogen functional groups attached to an aromatic ring is 1. The summed E-state index contributed by atoms with van der Waals surface area (Å²) in [6, 6.07) is 14.1. The molecule has 76 valence electrons. The van der Waals surface area contributed by atoms with E-state index < -0.39 is 0 Å². The molecular weight excluding hydrogens is 219 g/mol. The first kappa shape index (κ1) is 13.0. The molecule has 0 radical (unpaired) electrons. The van der Waals surface area contributed by atoms with Crippen LogP contribution in [0.3, 0.4) is 0 Å². The Hall–Kier alpha value is -0.960. The van der Waals surface area contributed by atoms with E-state index in [4.69, 9.17) is 5.84 Å². The fraction of sp³-hybridized carbons (Fsp3) is 0. The lowest BCUT2D eigenvalue weighted by molar-refractivity contribution is 1.37. The van der Waals surface area contributed by atoms with Gasteiger partial charge in [-0.1, -0.05) is 36.4 Å². The molecule has 2 nitrogen and oxygen atoms in total. The predicted octanol–water partition coefficient (Wildman–Crippen LogP) is 2.97. The molecule has 0 fully saturated rings. The molecule has 0 amide bonds. The molecule has 0 saturated heterocycles. The molecule has 4 heteroatoms. The summed E-state index contributed by atoms with van der Waals surface area (Å²) < 4.78 is 0. The second-order valence-corrected chi connectivity index (χ2v) is 2.67. The summed E-state index contributed by atoms with van der Waals surface area (Å²) >= 11 is 0. The fourth-order valence-electron chi connectivity index (χ4n) is 1.35. The number of halogens is 2. The smallest absolute Gasteiger partial charge is 0.0563 e. The van der Waals surface area contributed by atoms with Gasteiger partial charge < -0.3 is 5.43 Å². The van der Waals surface area contributed by atoms with Crippen molar-refractivity contribution < 1.29 is 0 Å². The van der Waals surface area contributed by atoms with E-state index in [1.807, 2.05) is 30.3 Å². The Bertz CT molecular complexity index is 399. The normalized spacial score (nSPS) is 8.64. The van der Waals surface area contributed by atoms with Crippen molar-refractivity contribution in [3.8, 4) is 0 Å². The van der Waals surface area contributed by atoms with E-state index >= 15 is 0 Å². The summed E-state index contributed by atoms with van der Waals surface area (Å²) in [5.74, 6) is 5.37. The van der Waals surface area contributed by atoms with Crippen LogP contribution in [0.4, 0.5) is 5.69 Å². The first-order valence-electron chi connectivity index (χ1n) is 3.86. The number of rotatable bonds is 1. The Morgan fingerprint density at radius 2 is 1.50 bits per heavy atom. The number of nitrogens with one attached hydrogen (secondary N) is 1. The van der Waals surface area contributed by atoms with Gasteiger partial charge >= 0.3 is 0 Å². The van der Waals surface area contributed by atoms with Gasteiger partial charge in [0.2, 0.25) is 0 Å². The van der Waals surface area contributed by atoms with Crippen LogP contribution in [0.25, 0.3) is 10.8 Å². The minimum Gasteiger partial charge on any atom is -0.324 e. The van der Waals surface area contributed by atoms with Crippen LogP contribution in [0.2, 0.25) is 0 Å². The summed E-state index contributed by atoms with van der Waals surface area (Å²) in [6.07, 6.45) is 0. The molecule has 14 heavy (non-hydrogen) atoms. The quantitative estimate of drug-likeness (QED) is 0.584. The molecule has 0 aromatic heterocycles. The summed E-state index contributed by atoms with van der Waals surface area (Å²) in [4.78, 5) is 0. The van der Waals surface area contributed by atoms with Crippen LogP contribution in [0.5, 0.6) is 0 Å². The molecule has 0 aliphatic carbocycles. The van der Waals surface area contributed by atoms with Gasteiger partial charge in [-0.25, -0.2) is 0 Å². The topological polar surface area (TPSA) is 38.0 Å². The third-order valence-corrected chi connectivity index (χ3v) is 1.95. The van der Waals surface area contributed by atoms with Gasteiger partial charge in [-0.3, -0.25) is 5.84 Å². The number of fused-ring (bicyclic) bond motifs is 1. The van der Waals surface area contributed by atoms with Gasteiger partial charge in [0.25, 0.3) is 0 Å². The second kappa shape index (κ2) is 5.70. The maximum absolute atomic E-state index is 5.37. The Morgan fingerprint density at radius 3 is 2.21 bits per heavy atom. The largest absolute Gasteiger partial charge is 0.324 e. The SMILES string of the molecule is Cl.Cl.NNc1cccc2ccccc12. The average molecular weight is 231 g/mol. The highest BCUT2D eigenvalue weighted by molar-refractivity contribution is 5.93. The van der Waals surface area contributed by atoms with E-state index in [9.17, 15) is 0 Å². The van der Waals surface area contributed by atoms with Crippen LogP contribution in [-0.2, 0) is 0 Å². The maximum Gasteiger partial charge on any atom is 0.0563 e. The van der Waals surface area contributed by atoms with E-state index in [1.165, 1.54) is 5.39 Å². The third kappa shape index (κ3) is 2.29. The number of nitrogens with two attached hydrogens (primary N) is 1. The zero-order valence-electron chi connectivity index (χ0n) is 7.44. The number of anilines is 1. The van der Waals surface area contributed by atoms with Gasteiger partial charge in [-0.15, -0.1) is 24.8 Å². The van der Waals surface area contributed by atoms with Crippen LogP contribution in [0.15, 0.2) is 42.5 Å². The van der Waals surface area contributed by atoms with E-state index in [2.05, 4.69) is 17.6 Å². The Morgan fingerprint density at radius 1 is 0.857 bits per heavy atom. The third-order valence-electron chi connectivity index (χ3n) is 1.95. The average Bonchev–Trinajstić information content (AvgIpc) is 2.17. The zero-order chi connectivity index (χ0) is 8.39. The van der Waals surface area contributed by atoms with E-state index in [-0.39, 0.29) is 24.8 Å². The first-order valence-corrected chi connectivity index (χ1v) is 3.86. The molecule has 0 unspecified atom stereocenters. The summed E-state index contributed by atoms with van der Waals surface area (Å²) in [5.41, 5.74) is 3.64. The lowest BCUT2D eigenvalue weighted by Crippen LogP contribution is -2.06. The lowest BCUT2D eigenvalue weighted by atomic mass is 10.1. The number of hydrogen-bond donors (Lipinski definition) is 2. The Kier molecular flexibility index (Phi) is 5.31. The number of hydrazine groups is 1. The number of benzene rings is 2. The van der Waals surface area contributed by atoms with Gasteiger partial charge in [0, 0.05) is 5.39 Å². The molecule has 0 atom stereocenters. The van der Waals surface area contributed by atoms with Crippen LogP contribution in [0, 0.1) is 0 Å². The summed E-state index contributed by atoms with van der Waals surface area (Å²) in [7, 11) is 0. The van der Waals surface area contributed by atoms with Crippen LogP contribution < -0.4 is 11.3 Å². The maximum atomic E-state index is 5.37. The van der Waals surface area contributed by atoms with Crippen molar-refractivity contribution in [3.05, 3.63) is 42.5 Å². The Labute approximate surface area is 95.3 Å².